The van der Waals surface area contributed by atoms with Gasteiger partial charge in [0.25, 0.3) is 0 Å². The largest absolute Gasteiger partial charge is 0.310 e. The molecule has 0 saturated carbocycles. The van der Waals surface area contributed by atoms with E-state index < -0.39 is 0 Å². The van der Waals surface area contributed by atoms with Gasteiger partial charge in [0.15, 0.2) is 0 Å². The number of pyridine rings is 1. The highest BCUT2D eigenvalue weighted by atomic mass is 15.0. The Morgan fingerprint density at radius 2 is 1.53 bits per heavy atom. The van der Waals surface area contributed by atoms with Crippen molar-refractivity contribution >= 4 is 39.9 Å². The Morgan fingerprint density at radius 1 is 0.689 bits per heavy atom. The van der Waals surface area contributed by atoms with Crippen molar-refractivity contribution < 1.29 is 0 Å². The summed E-state index contributed by atoms with van der Waals surface area (Å²) in [7, 11) is 0. The van der Waals surface area contributed by atoms with Crippen LogP contribution in [-0.2, 0) is 6.42 Å². The zero-order valence-electron chi connectivity index (χ0n) is 25.1. The number of allylic oxidation sites excluding steroid dienone is 7. The third-order valence-electron chi connectivity index (χ3n) is 9.87. The first-order valence-electron chi connectivity index (χ1n) is 16.1. The number of aromatic nitrogens is 2. The molecule has 4 aliphatic rings. The molecule has 0 amide bonds. The molecule has 9 rings (SSSR count). The number of benzene rings is 3. The molecule has 0 bridgehead atoms. The number of nitrogens with zero attached hydrogens (tertiary/aromatic N) is 3. The third kappa shape index (κ3) is 4.42. The monoisotopic (exact) mass is 579 g/mol. The van der Waals surface area contributed by atoms with E-state index in [-0.39, 0.29) is 11.8 Å². The average molecular weight is 580 g/mol. The van der Waals surface area contributed by atoms with E-state index >= 15 is 0 Å². The fraction of sp³-hybridized carbons (Fsp3) is 0.143. The van der Waals surface area contributed by atoms with E-state index in [1.165, 1.54) is 61.4 Å². The maximum Gasteiger partial charge on any atom is 0.0681 e. The van der Waals surface area contributed by atoms with Crippen molar-refractivity contribution in [1.29, 1.82) is 0 Å². The van der Waals surface area contributed by atoms with E-state index in [9.17, 15) is 0 Å². The number of rotatable bonds is 4. The first kappa shape index (κ1) is 26.2. The summed E-state index contributed by atoms with van der Waals surface area (Å²) in [5, 5.41) is 2.58. The Hall–Kier alpha value is -5.28. The van der Waals surface area contributed by atoms with Crippen molar-refractivity contribution in [2.24, 2.45) is 10.9 Å². The van der Waals surface area contributed by atoms with E-state index in [4.69, 9.17) is 4.99 Å². The molecule has 2 aromatic heterocycles. The minimum atomic E-state index is 0.274. The normalized spacial score (nSPS) is 20.0. The van der Waals surface area contributed by atoms with Gasteiger partial charge in [0, 0.05) is 41.2 Å². The Labute approximate surface area is 264 Å². The second-order valence-corrected chi connectivity index (χ2v) is 12.4. The second-order valence-electron chi connectivity index (χ2n) is 12.4. The summed E-state index contributed by atoms with van der Waals surface area (Å²) in [6.07, 6.45) is 24.2. The highest BCUT2D eigenvalue weighted by Crippen LogP contribution is 2.49. The lowest BCUT2D eigenvalue weighted by Gasteiger charge is -2.33. The lowest BCUT2D eigenvalue weighted by Crippen LogP contribution is -2.24. The van der Waals surface area contributed by atoms with E-state index in [0.717, 1.165) is 36.9 Å². The summed E-state index contributed by atoms with van der Waals surface area (Å²) in [5.41, 5.74) is 14.2. The van der Waals surface area contributed by atoms with Crippen LogP contribution >= 0.6 is 0 Å². The molecular weight excluding hydrogens is 546 g/mol. The molecule has 0 N–H and O–H groups in total. The highest BCUT2D eigenvalue weighted by molar-refractivity contribution is 6.09. The predicted octanol–water partition coefficient (Wildman–Crippen LogP) is 10.0. The molecule has 5 aromatic rings. The lowest BCUT2D eigenvalue weighted by molar-refractivity contribution is 0.663. The smallest absolute Gasteiger partial charge is 0.0681 e. The van der Waals surface area contributed by atoms with Gasteiger partial charge in [-0.1, -0.05) is 85.0 Å². The van der Waals surface area contributed by atoms with Gasteiger partial charge in [-0.3, -0.25) is 9.98 Å². The Kier molecular flexibility index (Phi) is 6.22. The number of hydrogen-bond acceptors (Lipinski definition) is 2. The molecule has 2 atom stereocenters. The molecular formula is C42H33N3. The van der Waals surface area contributed by atoms with Gasteiger partial charge in [0.2, 0.25) is 0 Å². The molecule has 3 aromatic carbocycles. The van der Waals surface area contributed by atoms with Crippen LogP contribution in [0.5, 0.6) is 0 Å². The average Bonchev–Trinajstić information content (AvgIpc) is 3.45. The van der Waals surface area contributed by atoms with Gasteiger partial charge in [0.05, 0.1) is 17.1 Å². The number of para-hydroxylation sites is 1. The van der Waals surface area contributed by atoms with Gasteiger partial charge >= 0.3 is 0 Å². The standard InChI is InChI=1S/C42H33N3/c1-2-13-33(14-3-1)45-40-25-31(30-20-19-28-10-4-5-11-29(28)24-30)21-22-36(40)42-35-16-7-6-15-34(35)37(26-41(42)45)39-18-8-17-38(44-39)32-12-9-23-43-27-32/h1-7,9-17,19-20,23-27,34-35H,8,18,21-22H2. The zero-order valence-corrected chi connectivity index (χ0v) is 25.1. The Morgan fingerprint density at radius 3 is 2.40 bits per heavy atom. The molecule has 3 nitrogen and oxygen atoms in total. The molecule has 0 spiro atoms. The van der Waals surface area contributed by atoms with Crippen LogP contribution in [0.25, 0.3) is 39.9 Å². The molecule has 3 heterocycles. The maximum atomic E-state index is 5.29. The highest BCUT2D eigenvalue weighted by Gasteiger charge is 2.38. The van der Waals surface area contributed by atoms with E-state index in [1.807, 2.05) is 18.5 Å². The Balaban J connectivity index is 1.24. The minimum absolute atomic E-state index is 0.274. The minimum Gasteiger partial charge on any atom is -0.310 e. The zero-order chi connectivity index (χ0) is 29.7. The van der Waals surface area contributed by atoms with Gasteiger partial charge < -0.3 is 4.57 Å². The fourth-order valence-corrected chi connectivity index (χ4v) is 7.77. The van der Waals surface area contributed by atoms with E-state index in [2.05, 4.69) is 131 Å². The van der Waals surface area contributed by atoms with Crippen molar-refractivity contribution in [1.82, 2.24) is 9.55 Å². The molecule has 216 valence electrons. The topological polar surface area (TPSA) is 30.2 Å². The first-order chi connectivity index (χ1) is 22.3. The van der Waals surface area contributed by atoms with Crippen molar-refractivity contribution in [3.8, 4) is 5.69 Å². The molecule has 2 unspecified atom stereocenters. The summed E-state index contributed by atoms with van der Waals surface area (Å²) in [6.45, 7) is 0. The number of fused-ring (bicyclic) bond motifs is 6. The fourth-order valence-electron chi connectivity index (χ4n) is 7.77. The van der Waals surface area contributed by atoms with Gasteiger partial charge in [-0.15, -0.1) is 0 Å². The first-order valence-corrected chi connectivity index (χ1v) is 16.1. The van der Waals surface area contributed by atoms with Crippen LogP contribution in [0.2, 0.25) is 0 Å². The van der Waals surface area contributed by atoms with Crippen molar-refractivity contribution in [3.63, 3.8) is 0 Å². The van der Waals surface area contributed by atoms with Crippen molar-refractivity contribution in [2.45, 2.75) is 31.6 Å². The molecule has 0 radical (unpaired) electrons. The second kappa shape index (κ2) is 10.7. The molecule has 1 aliphatic heterocycles. The Bertz CT molecular complexity index is 2150. The molecule has 45 heavy (non-hydrogen) atoms. The van der Waals surface area contributed by atoms with Crippen LogP contribution in [-0.4, -0.2) is 15.3 Å². The summed E-state index contributed by atoms with van der Waals surface area (Å²) < 4.78 is 2.52. The number of hydrogen-bond donors (Lipinski definition) is 0. The van der Waals surface area contributed by atoms with Gasteiger partial charge in [0.1, 0.15) is 0 Å². The number of aliphatic imine (C=N–C) groups is 1. The summed E-state index contributed by atoms with van der Waals surface area (Å²) >= 11 is 0. The quantitative estimate of drug-likeness (QED) is 0.208. The molecule has 3 aliphatic carbocycles. The van der Waals surface area contributed by atoms with Crippen molar-refractivity contribution in [2.75, 3.05) is 0 Å². The van der Waals surface area contributed by atoms with Crippen molar-refractivity contribution in [3.05, 3.63) is 167 Å². The van der Waals surface area contributed by atoms with E-state index in [0.29, 0.717) is 0 Å². The van der Waals surface area contributed by atoms with Crippen LogP contribution in [0.15, 0.2) is 138 Å². The summed E-state index contributed by atoms with van der Waals surface area (Å²) in [4.78, 5) is 9.65. The third-order valence-corrected chi connectivity index (χ3v) is 9.87. The summed E-state index contributed by atoms with van der Waals surface area (Å²) in [5.74, 6) is 0.561. The van der Waals surface area contributed by atoms with Crippen LogP contribution in [0, 0.1) is 5.92 Å². The van der Waals surface area contributed by atoms with Gasteiger partial charge in [-0.05, 0) is 107 Å². The lowest BCUT2D eigenvalue weighted by atomic mass is 9.71. The van der Waals surface area contributed by atoms with Gasteiger partial charge in [-0.25, -0.2) is 0 Å². The molecule has 3 heteroatoms. The molecule has 0 fully saturated rings. The van der Waals surface area contributed by atoms with Crippen LogP contribution in [0.1, 0.15) is 58.8 Å². The molecule has 0 saturated heterocycles. The predicted molar refractivity (Wildman–Crippen MR) is 187 cm³/mol. The summed E-state index contributed by atoms with van der Waals surface area (Å²) in [6, 6.07) is 30.6. The SMILES string of the molecule is C1=CC2C(C3=NC(c4cccnc4)=CCC3)=Cc3c(c4c(n3-c3ccccc3)C=C(c3ccc5ccccc5c3)CC4)C2C=C1. The van der Waals surface area contributed by atoms with Gasteiger partial charge in [-0.2, -0.15) is 0 Å². The van der Waals surface area contributed by atoms with E-state index in [1.54, 1.807) is 0 Å². The van der Waals surface area contributed by atoms with Crippen LogP contribution < -0.4 is 0 Å². The van der Waals surface area contributed by atoms with Crippen LogP contribution in [0.3, 0.4) is 0 Å². The van der Waals surface area contributed by atoms with Crippen LogP contribution in [0.4, 0.5) is 0 Å². The maximum absolute atomic E-state index is 5.29.